The van der Waals surface area contributed by atoms with Gasteiger partial charge in [-0.1, -0.05) is 42.5 Å². The largest absolute Gasteiger partial charge is 0.380 e. The number of hydrogen-bond donors (Lipinski definition) is 2. The van der Waals surface area contributed by atoms with Crippen molar-refractivity contribution in [2.75, 3.05) is 10.6 Å². The Balaban J connectivity index is 1.73. The third kappa shape index (κ3) is 3.95. The van der Waals surface area contributed by atoms with Crippen LogP contribution in [0.5, 0.6) is 0 Å². The molecule has 23 heavy (non-hydrogen) atoms. The number of amides is 1. The average Bonchev–Trinajstić information content (AvgIpc) is 2.62. The van der Waals surface area contributed by atoms with Gasteiger partial charge in [0.15, 0.2) is 0 Å². The summed E-state index contributed by atoms with van der Waals surface area (Å²) in [5.74, 6) is -0.158. The highest BCUT2D eigenvalue weighted by Gasteiger charge is 2.11. The number of carbonyl (C=O) groups excluding carboxylic acids is 1. The minimum atomic E-state index is -0.158. The van der Waals surface area contributed by atoms with Gasteiger partial charge in [0, 0.05) is 18.4 Å². The molecule has 0 aliphatic carbocycles. The normalized spacial score (nSPS) is 10.1. The van der Waals surface area contributed by atoms with Crippen molar-refractivity contribution >= 4 is 17.3 Å². The molecule has 0 unspecified atom stereocenters. The lowest BCUT2D eigenvalue weighted by Gasteiger charge is -2.12. The molecule has 3 aromatic rings. The van der Waals surface area contributed by atoms with Crippen molar-refractivity contribution in [3.05, 3.63) is 90.3 Å². The fourth-order valence-corrected chi connectivity index (χ4v) is 2.26. The molecule has 1 aromatic heterocycles. The zero-order valence-corrected chi connectivity index (χ0v) is 12.6. The molecule has 0 aliphatic rings. The van der Waals surface area contributed by atoms with E-state index in [1.165, 1.54) is 0 Å². The van der Waals surface area contributed by atoms with Crippen LogP contribution < -0.4 is 10.6 Å². The summed E-state index contributed by atoms with van der Waals surface area (Å²) in [7, 11) is 0. The molecule has 114 valence electrons. The number of benzene rings is 2. The number of hydrogen-bond acceptors (Lipinski definition) is 3. The van der Waals surface area contributed by atoms with Gasteiger partial charge >= 0.3 is 0 Å². The van der Waals surface area contributed by atoms with E-state index < -0.39 is 0 Å². The molecule has 3 rings (SSSR count). The Hall–Kier alpha value is -3.14. The molecular weight excluding hydrogens is 286 g/mol. The van der Waals surface area contributed by atoms with Crippen molar-refractivity contribution in [3.63, 3.8) is 0 Å². The Kier molecular flexibility index (Phi) is 4.64. The van der Waals surface area contributed by atoms with Gasteiger partial charge in [-0.2, -0.15) is 0 Å². The Morgan fingerprint density at radius 2 is 1.70 bits per heavy atom. The van der Waals surface area contributed by atoms with Gasteiger partial charge in [0.25, 0.3) is 5.91 Å². The van der Waals surface area contributed by atoms with Crippen LogP contribution in [0, 0.1) is 0 Å². The van der Waals surface area contributed by atoms with E-state index in [0.717, 1.165) is 11.3 Å². The van der Waals surface area contributed by atoms with Crippen LogP contribution in [0.4, 0.5) is 11.4 Å². The maximum Gasteiger partial charge on any atom is 0.257 e. The minimum Gasteiger partial charge on any atom is -0.380 e. The molecule has 0 radical (unpaired) electrons. The smallest absolute Gasteiger partial charge is 0.257 e. The Labute approximate surface area is 135 Å². The highest BCUT2D eigenvalue weighted by molar-refractivity contribution is 6.07. The topological polar surface area (TPSA) is 54.0 Å². The lowest BCUT2D eigenvalue weighted by Crippen LogP contribution is -2.14. The van der Waals surface area contributed by atoms with Crippen LogP contribution in [0.2, 0.25) is 0 Å². The number of nitrogens with one attached hydrogen (secondary N) is 2. The lowest BCUT2D eigenvalue weighted by molar-refractivity contribution is 0.102. The number of rotatable bonds is 5. The molecule has 2 N–H and O–H groups in total. The first-order chi connectivity index (χ1) is 11.3. The number of anilines is 2. The van der Waals surface area contributed by atoms with Crippen LogP contribution >= 0.6 is 0 Å². The zero-order valence-electron chi connectivity index (χ0n) is 12.6. The molecule has 0 atom stereocenters. The molecule has 4 heteroatoms. The Morgan fingerprint density at radius 3 is 2.48 bits per heavy atom. The number of carbonyl (C=O) groups is 1. The molecule has 4 nitrogen and oxygen atoms in total. The van der Waals surface area contributed by atoms with Crippen molar-refractivity contribution in [1.82, 2.24) is 4.98 Å². The van der Waals surface area contributed by atoms with E-state index in [1.807, 2.05) is 54.6 Å². The fourth-order valence-electron chi connectivity index (χ4n) is 2.26. The summed E-state index contributed by atoms with van der Waals surface area (Å²) in [5.41, 5.74) is 3.25. The lowest BCUT2D eigenvalue weighted by atomic mass is 10.1. The molecule has 2 aromatic carbocycles. The van der Waals surface area contributed by atoms with Gasteiger partial charge in [-0.15, -0.1) is 0 Å². The third-order valence-corrected chi connectivity index (χ3v) is 3.42. The first-order valence-corrected chi connectivity index (χ1v) is 7.41. The quantitative estimate of drug-likeness (QED) is 0.750. The molecule has 0 bridgehead atoms. The predicted molar refractivity (Wildman–Crippen MR) is 92.4 cm³/mol. The van der Waals surface area contributed by atoms with Gasteiger partial charge in [0.05, 0.1) is 17.4 Å². The Morgan fingerprint density at radius 1 is 0.913 bits per heavy atom. The van der Waals surface area contributed by atoms with Crippen molar-refractivity contribution < 1.29 is 4.79 Å². The molecular formula is C19H17N3O. The fraction of sp³-hybridized carbons (Fsp3) is 0.0526. The number of aromatic nitrogens is 1. The van der Waals surface area contributed by atoms with Crippen LogP contribution in [0.3, 0.4) is 0 Å². The summed E-state index contributed by atoms with van der Waals surface area (Å²) < 4.78 is 0. The molecule has 1 amide bonds. The van der Waals surface area contributed by atoms with E-state index >= 15 is 0 Å². The van der Waals surface area contributed by atoms with Crippen molar-refractivity contribution in [2.24, 2.45) is 0 Å². The molecule has 0 saturated carbocycles. The van der Waals surface area contributed by atoms with E-state index in [1.54, 1.807) is 24.5 Å². The highest BCUT2D eigenvalue weighted by atomic mass is 16.1. The van der Waals surface area contributed by atoms with Crippen LogP contribution in [0.1, 0.15) is 15.9 Å². The van der Waals surface area contributed by atoms with Crippen molar-refractivity contribution in [1.29, 1.82) is 0 Å². The maximum absolute atomic E-state index is 12.5. The number of nitrogens with zero attached hydrogens (tertiary/aromatic N) is 1. The SMILES string of the molecule is O=C(Nc1cccnc1)c1ccccc1NCc1ccccc1. The van der Waals surface area contributed by atoms with E-state index in [4.69, 9.17) is 0 Å². The van der Waals surface area contributed by atoms with Crippen molar-refractivity contribution in [3.8, 4) is 0 Å². The maximum atomic E-state index is 12.5. The predicted octanol–water partition coefficient (Wildman–Crippen LogP) is 3.95. The molecule has 0 fully saturated rings. The second kappa shape index (κ2) is 7.22. The van der Waals surface area contributed by atoms with E-state index in [-0.39, 0.29) is 5.91 Å². The molecule has 0 aliphatic heterocycles. The van der Waals surface area contributed by atoms with E-state index in [0.29, 0.717) is 17.8 Å². The number of para-hydroxylation sites is 1. The van der Waals surface area contributed by atoms with Crippen LogP contribution in [0.15, 0.2) is 79.1 Å². The van der Waals surface area contributed by atoms with Crippen molar-refractivity contribution in [2.45, 2.75) is 6.54 Å². The van der Waals surface area contributed by atoms with Crippen LogP contribution in [0.25, 0.3) is 0 Å². The summed E-state index contributed by atoms with van der Waals surface area (Å²) in [6.07, 6.45) is 3.29. The molecule has 0 saturated heterocycles. The summed E-state index contributed by atoms with van der Waals surface area (Å²) in [6.45, 7) is 0.665. The minimum absolute atomic E-state index is 0.158. The van der Waals surface area contributed by atoms with Gasteiger partial charge in [-0.05, 0) is 29.8 Å². The highest BCUT2D eigenvalue weighted by Crippen LogP contribution is 2.18. The summed E-state index contributed by atoms with van der Waals surface area (Å²) in [5, 5.41) is 6.18. The monoisotopic (exact) mass is 303 g/mol. The first-order valence-electron chi connectivity index (χ1n) is 7.41. The van der Waals surface area contributed by atoms with E-state index in [9.17, 15) is 4.79 Å². The standard InChI is InChI=1S/C19H17N3O/c23-19(22-16-9-6-12-20-14-16)17-10-4-5-11-18(17)21-13-15-7-2-1-3-8-15/h1-12,14,21H,13H2,(H,22,23). The van der Waals surface area contributed by atoms with Gasteiger partial charge in [0.2, 0.25) is 0 Å². The van der Waals surface area contributed by atoms with Crippen LogP contribution in [-0.2, 0) is 6.54 Å². The molecule has 0 spiro atoms. The third-order valence-electron chi connectivity index (χ3n) is 3.42. The molecule has 1 heterocycles. The summed E-state index contributed by atoms with van der Waals surface area (Å²) >= 11 is 0. The average molecular weight is 303 g/mol. The number of pyridine rings is 1. The second-order valence-corrected chi connectivity index (χ2v) is 5.08. The Bertz CT molecular complexity index is 773. The van der Waals surface area contributed by atoms with Gasteiger partial charge in [-0.3, -0.25) is 9.78 Å². The summed E-state index contributed by atoms with van der Waals surface area (Å²) in [4.78, 5) is 16.5. The van der Waals surface area contributed by atoms with Gasteiger partial charge < -0.3 is 10.6 Å². The zero-order chi connectivity index (χ0) is 15.9. The van der Waals surface area contributed by atoms with Gasteiger partial charge in [-0.25, -0.2) is 0 Å². The van der Waals surface area contributed by atoms with Gasteiger partial charge in [0.1, 0.15) is 0 Å². The van der Waals surface area contributed by atoms with Crippen LogP contribution in [-0.4, -0.2) is 10.9 Å². The second-order valence-electron chi connectivity index (χ2n) is 5.08. The van der Waals surface area contributed by atoms with E-state index in [2.05, 4.69) is 15.6 Å². The summed E-state index contributed by atoms with van der Waals surface area (Å²) in [6, 6.07) is 21.1. The first kappa shape index (κ1) is 14.8.